The summed E-state index contributed by atoms with van der Waals surface area (Å²) in [5, 5.41) is 9.43. The van der Waals surface area contributed by atoms with Crippen molar-refractivity contribution in [2.45, 2.75) is 30.9 Å². The van der Waals surface area contributed by atoms with E-state index in [9.17, 15) is 8.42 Å². The highest BCUT2D eigenvalue weighted by Crippen LogP contribution is 2.28. The summed E-state index contributed by atoms with van der Waals surface area (Å²) in [6, 6.07) is 2.43. The number of thioether (sulfide) groups is 1. The number of sulfonamides is 1. The molecule has 0 aliphatic rings. The van der Waals surface area contributed by atoms with Gasteiger partial charge in [0.15, 0.2) is 0 Å². The zero-order valence-corrected chi connectivity index (χ0v) is 14.3. The van der Waals surface area contributed by atoms with E-state index in [4.69, 9.17) is 28.3 Å². The first kappa shape index (κ1) is 18.1. The van der Waals surface area contributed by atoms with Crippen LogP contribution < -0.4 is 4.72 Å². The van der Waals surface area contributed by atoms with Crippen molar-refractivity contribution in [3.63, 3.8) is 0 Å². The van der Waals surface area contributed by atoms with Crippen molar-refractivity contribution >= 4 is 45.0 Å². The van der Waals surface area contributed by atoms with Gasteiger partial charge in [0.2, 0.25) is 10.0 Å². The summed E-state index contributed by atoms with van der Waals surface area (Å²) < 4.78 is 27.1. The van der Waals surface area contributed by atoms with Crippen LogP contribution in [0.15, 0.2) is 17.0 Å². The van der Waals surface area contributed by atoms with Crippen LogP contribution in [0.4, 0.5) is 0 Å². The first-order chi connectivity index (χ1) is 9.31. The molecule has 1 unspecified atom stereocenters. The summed E-state index contributed by atoms with van der Waals surface area (Å²) in [6.45, 7) is 1.45. The largest absolute Gasteiger partial charge is 0.392 e. The van der Waals surface area contributed by atoms with Gasteiger partial charge in [-0.25, -0.2) is 13.1 Å². The van der Waals surface area contributed by atoms with Crippen LogP contribution >= 0.6 is 35.0 Å². The number of benzene rings is 1. The zero-order valence-electron chi connectivity index (χ0n) is 11.2. The molecule has 0 heterocycles. The molecule has 1 aromatic carbocycles. The fraction of sp³-hybridized carbons (Fsp3) is 0.500. The number of nitrogens with one attached hydrogen (secondary N) is 1. The lowest BCUT2D eigenvalue weighted by molar-refractivity contribution is 0.281. The molecular weight excluding hydrogens is 341 g/mol. The van der Waals surface area contributed by atoms with E-state index < -0.39 is 10.0 Å². The van der Waals surface area contributed by atoms with E-state index in [2.05, 4.69) is 4.72 Å². The zero-order chi connectivity index (χ0) is 15.3. The lowest BCUT2D eigenvalue weighted by atomic mass is 10.2. The highest BCUT2D eigenvalue weighted by molar-refractivity contribution is 7.98. The maximum Gasteiger partial charge on any atom is 0.242 e. The van der Waals surface area contributed by atoms with Crippen molar-refractivity contribution in [1.29, 1.82) is 0 Å². The number of aliphatic hydroxyl groups is 1. The second-order valence-corrected chi connectivity index (χ2v) is 7.82. The summed E-state index contributed by atoms with van der Waals surface area (Å²) in [6.07, 6.45) is 2.68. The van der Waals surface area contributed by atoms with Crippen molar-refractivity contribution in [2.24, 2.45) is 0 Å². The first-order valence-corrected chi connectivity index (χ1v) is 9.55. The Morgan fingerprint density at radius 2 is 2.00 bits per heavy atom. The van der Waals surface area contributed by atoms with E-state index in [1.807, 2.05) is 6.26 Å². The second-order valence-electron chi connectivity index (χ2n) is 4.34. The number of halogens is 2. The van der Waals surface area contributed by atoms with Gasteiger partial charge >= 0.3 is 0 Å². The van der Waals surface area contributed by atoms with Crippen molar-refractivity contribution in [3.05, 3.63) is 27.7 Å². The number of hydrogen-bond donors (Lipinski definition) is 2. The van der Waals surface area contributed by atoms with E-state index in [0.717, 1.165) is 12.2 Å². The van der Waals surface area contributed by atoms with E-state index in [-0.39, 0.29) is 27.6 Å². The molecule has 0 radical (unpaired) electrons. The Morgan fingerprint density at radius 3 is 2.55 bits per heavy atom. The molecule has 0 aromatic heterocycles. The number of hydrogen-bond acceptors (Lipinski definition) is 4. The Labute approximate surface area is 133 Å². The van der Waals surface area contributed by atoms with Gasteiger partial charge in [-0.05, 0) is 43.0 Å². The van der Waals surface area contributed by atoms with Crippen LogP contribution in [0.3, 0.4) is 0 Å². The molecule has 0 amide bonds. The summed E-state index contributed by atoms with van der Waals surface area (Å²) in [7, 11) is -3.73. The molecule has 0 aliphatic heterocycles. The van der Waals surface area contributed by atoms with E-state index in [1.165, 1.54) is 12.1 Å². The third kappa shape index (κ3) is 4.79. The van der Waals surface area contributed by atoms with Gasteiger partial charge in [0.05, 0.1) is 11.6 Å². The van der Waals surface area contributed by atoms with Crippen LogP contribution in [0.1, 0.15) is 18.9 Å². The fourth-order valence-electron chi connectivity index (χ4n) is 1.58. The molecule has 0 bridgehead atoms. The van der Waals surface area contributed by atoms with E-state index in [0.29, 0.717) is 5.56 Å². The molecular formula is C12H17Cl2NO3S2. The molecule has 2 N–H and O–H groups in total. The molecule has 0 fully saturated rings. The monoisotopic (exact) mass is 357 g/mol. The lowest BCUT2D eigenvalue weighted by Crippen LogP contribution is -2.33. The Morgan fingerprint density at radius 1 is 1.35 bits per heavy atom. The average Bonchev–Trinajstić information content (AvgIpc) is 2.35. The molecule has 4 nitrogen and oxygen atoms in total. The van der Waals surface area contributed by atoms with E-state index in [1.54, 1.807) is 18.7 Å². The summed E-state index contributed by atoms with van der Waals surface area (Å²) in [4.78, 5) is -0.0661. The Balaban J connectivity index is 3.03. The van der Waals surface area contributed by atoms with Crippen LogP contribution in [0.5, 0.6) is 0 Å². The molecule has 114 valence electrons. The number of rotatable bonds is 7. The lowest BCUT2D eigenvalue weighted by Gasteiger charge is -2.15. The molecule has 8 heteroatoms. The fourth-order valence-corrected chi connectivity index (χ4v) is 4.30. The maximum absolute atomic E-state index is 12.3. The first-order valence-electron chi connectivity index (χ1n) is 5.92. The van der Waals surface area contributed by atoms with Crippen molar-refractivity contribution in [2.75, 3.05) is 12.0 Å². The van der Waals surface area contributed by atoms with Crippen LogP contribution in [0, 0.1) is 0 Å². The van der Waals surface area contributed by atoms with Gasteiger partial charge in [-0.15, -0.1) is 0 Å². The second kappa shape index (κ2) is 7.87. The minimum atomic E-state index is -3.73. The minimum Gasteiger partial charge on any atom is -0.392 e. The Kier molecular flexibility index (Phi) is 7.11. The molecule has 0 aliphatic carbocycles. The van der Waals surface area contributed by atoms with Gasteiger partial charge in [-0.3, -0.25) is 0 Å². The Hall–Kier alpha value is 0.0200. The van der Waals surface area contributed by atoms with Gasteiger partial charge < -0.3 is 5.11 Å². The van der Waals surface area contributed by atoms with Crippen molar-refractivity contribution in [3.8, 4) is 0 Å². The summed E-state index contributed by atoms with van der Waals surface area (Å²) in [5.74, 6) is 0.861. The maximum atomic E-state index is 12.3. The molecule has 0 saturated heterocycles. The molecule has 1 aromatic rings. The van der Waals surface area contributed by atoms with E-state index >= 15 is 0 Å². The quantitative estimate of drug-likeness (QED) is 0.787. The van der Waals surface area contributed by atoms with Crippen LogP contribution in [0.25, 0.3) is 0 Å². The SMILES string of the molecule is CSCCC(C)NS(=O)(=O)c1cc(CO)c(Cl)cc1Cl. The predicted molar refractivity (Wildman–Crippen MR) is 85.2 cm³/mol. The minimum absolute atomic E-state index is 0.0387. The number of aliphatic hydroxyl groups excluding tert-OH is 1. The highest BCUT2D eigenvalue weighted by Gasteiger charge is 2.22. The van der Waals surface area contributed by atoms with Crippen molar-refractivity contribution < 1.29 is 13.5 Å². The summed E-state index contributed by atoms with van der Waals surface area (Å²) in [5.41, 5.74) is 0.327. The van der Waals surface area contributed by atoms with Gasteiger partial charge in [-0.1, -0.05) is 23.2 Å². The molecule has 1 rings (SSSR count). The van der Waals surface area contributed by atoms with Gasteiger partial charge in [-0.2, -0.15) is 11.8 Å². The topological polar surface area (TPSA) is 66.4 Å². The highest BCUT2D eigenvalue weighted by atomic mass is 35.5. The van der Waals surface area contributed by atoms with Crippen molar-refractivity contribution in [1.82, 2.24) is 4.72 Å². The van der Waals surface area contributed by atoms with Gasteiger partial charge in [0.25, 0.3) is 0 Å². The average molecular weight is 358 g/mol. The standard InChI is InChI=1S/C12H17Cl2NO3S2/c1-8(3-4-19-2)15-20(17,18)12-5-9(7-16)10(13)6-11(12)14/h5-6,8,15-16H,3-4,7H2,1-2H3. The smallest absolute Gasteiger partial charge is 0.242 e. The third-order valence-corrected chi connectivity index (χ3v) is 5.72. The normalized spacial score (nSPS) is 13.4. The van der Waals surface area contributed by atoms with Gasteiger partial charge in [0.1, 0.15) is 4.90 Å². The van der Waals surface area contributed by atoms with Gasteiger partial charge in [0, 0.05) is 11.1 Å². The molecule has 20 heavy (non-hydrogen) atoms. The third-order valence-electron chi connectivity index (χ3n) is 2.67. The van der Waals surface area contributed by atoms with Crippen LogP contribution in [0.2, 0.25) is 10.0 Å². The Bertz CT molecular complexity index is 564. The van der Waals surface area contributed by atoms with Crippen LogP contribution in [-0.2, 0) is 16.6 Å². The molecule has 0 saturated carbocycles. The molecule has 1 atom stereocenters. The molecule has 0 spiro atoms. The van der Waals surface area contributed by atoms with Crippen LogP contribution in [-0.4, -0.2) is 31.6 Å². The summed E-state index contributed by atoms with van der Waals surface area (Å²) >= 11 is 13.5. The predicted octanol–water partition coefficient (Wildman–Crippen LogP) is 2.91.